The normalized spacial score (nSPS) is 14.0. The van der Waals surface area contributed by atoms with E-state index in [1.165, 1.54) is 32.4 Å². The molecule has 2 amide bonds. The van der Waals surface area contributed by atoms with Gasteiger partial charge in [0.05, 0.1) is 14.2 Å². The molecule has 0 spiro atoms. The molecule has 1 saturated heterocycles. The van der Waals surface area contributed by atoms with Gasteiger partial charge in [-0.2, -0.15) is 0 Å². The minimum atomic E-state index is -0.446. The van der Waals surface area contributed by atoms with Gasteiger partial charge in [-0.1, -0.05) is 12.1 Å². The third-order valence-electron chi connectivity index (χ3n) is 4.57. The van der Waals surface area contributed by atoms with Crippen LogP contribution in [0.15, 0.2) is 42.5 Å². The van der Waals surface area contributed by atoms with E-state index in [9.17, 15) is 14.0 Å². The zero-order chi connectivity index (χ0) is 19.4. The second kappa shape index (κ2) is 8.07. The van der Waals surface area contributed by atoms with Crippen LogP contribution in [0.25, 0.3) is 0 Å². The Kier molecular flexibility index (Phi) is 5.59. The fraction of sp³-hybridized carbons (Fsp3) is 0.300. The van der Waals surface area contributed by atoms with Gasteiger partial charge >= 0.3 is 0 Å². The van der Waals surface area contributed by atoms with Gasteiger partial charge in [-0.05, 0) is 30.3 Å². The third kappa shape index (κ3) is 3.86. The van der Waals surface area contributed by atoms with Crippen molar-refractivity contribution >= 4 is 11.8 Å². The van der Waals surface area contributed by atoms with Crippen molar-refractivity contribution in [3.05, 3.63) is 59.4 Å². The molecule has 1 aliphatic heterocycles. The lowest BCUT2D eigenvalue weighted by molar-refractivity contribution is 0.0531. The second-order valence-electron chi connectivity index (χ2n) is 6.13. The number of amides is 2. The molecule has 0 bridgehead atoms. The molecule has 0 aromatic heterocycles. The molecule has 1 heterocycles. The lowest BCUT2D eigenvalue weighted by Gasteiger charge is -2.35. The van der Waals surface area contributed by atoms with Crippen molar-refractivity contribution in [2.45, 2.75) is 0 Å². The number of ether oxygens (including phenoxy) is 2. The molecule has 3 rings (SSSR count). The largest absolute Gasteiger partial charge is 0.496 e. The highest BCUT2D eigenvalue weighted by Crippen LogP contribution is 2.30. The van der Waals surface area contributed by atoms with Gasteiger partial charge in [-0.15, -0.1) is 0 Å². The first kappa shape index (κ1) is 18.7. The quantitative estimate of drug-likeness (QED) is 0.827. The summed E-state index contributed by atoms with van der Waals surface area (Å²) < 4.78 is 23.9. The lowest BCUT2D eigenvalue weighted by Crippen LogP contribution is -2.50. The maximum atomic E-state index is 13.3. The summed E-state index contributed by atoms with van der Waals surface area (Å²) in [5.74, 6) is -0.00760. The van der Waals surface area contributed by atoms with Gasteiger partial charge in [-0.3, -0.25) is 9.59 Å². The number of halogens is 1. The number of methoxy groups -OCH3 is 2. The summed E-state index contributed by atoms with van der Waals surface area (Å²) >= 11 is 0. The van der Waals surface area contributed by atoms with Gasteiger partial charge in [0.15, 0.2) is 0 Å². The standard InChI is InChI=1S/C20H21FN2O4/c1-26-16-7-4-8-17(27-2)18(16)20(25)23-11-9-22(10-12-23)19(24)14-5-3-6-15(21)13-14/h3-8,13H,9-12H2,1-2H3. The molecule has 7 heteroatoms. The lowest BCUT2D eigenvalue weighted by atomic mass is 10.1. The molecule has 0 saturated carbocycles. The number of carbonyl (C=O) groups is 2. The molecule has 1 aliphatic rings. The van der Waals surface area contributed by atoms with Gasteiger partial charge in [0, 0.05) is 31.7 Å². The van der Waals surface area contributed by atoms with E-state index in [1.54, 1.807) is 34.1 Å². The molecular weight excluding hydrogens is 351 g/mol. The van der Waals surface area contributed by atoms with Crippen LogP contribution < -0.4 is 9.47 Å². The molecule has 6 nitrogen and oxygen atoms in total. The summed E-state index contributed by atoms with van der Waals surface area (Å²) in [6.07, 6.45) is 0. The van der Waals surface area contributed by atoms with Crippen LogP contribution in [0.2, 0.25) is 0 Å². The molecule has 2 aromatic carbocycles. The summed E-state index contributed by atoms with van der Waals surface area (Å²) in [4.78, 5) is 28.8. The van der Waals surface area contributed by atoms with Crippen LogP contribution in [0, 0.1) is 5.82 Å². The first-order valence-electron chi connectivity index (χ1n) is 8.60. The summed E-state index contributed by atoms with van der Waals surface area (Å²) in [5.41, 5.74) is 0.675. The highest BCUT2D eigenvalue weighted by Gasteiger charge is 2.29. The van der Waals surface area contributed by atoms with E-state index in [4.69, 9.17) is 9.47 Å². The van der Waals surface area contributed by atoms with E-state index in [0.29, 0.717) is 48.8 Å². The number of rotatable bonds is 4. The van der Waals surface area contributed by atoms with E-state index in [-0.39, 0.29) is 11.8 Å². The monoisotopic (exact) mass is 372 g/mol. The van der Waals surface area contributed by atoms with Crippen LogP contribution in [0.4, 0.5) is 4.39 Å². The molecule has 0 radical (unpaired) electrons. The van der Waals surface area contributed by atoms with Crippen LogP contribution in [0.5, 0.6) is 11.5 Å². The van der Waals surface area contributed by atoms with Crippen molar-refractivity contribution in [1.29, 1.82) is 0 Å². The van der Waals surface area contributed by atoms with Gasteiger partial charge in [0.1, 0.15) is 22.9 Å². The van der Waals surface area contributed by atoms with Crippen LogP contribution in [0.1, 0.15) is 20.7 Å². The van der Waals surface area contributed by atoms with Crippen LogP contribution >= 0.6 is 0 Å². The Hall–Kier alpha value is -3.09. The smallest absolute Gasteiger partial charge is 0.261 e. The van der Waals surface area contributed by atoms with Crippen molar-refractivity contribution in [2.24, 2.45) is 0 Å². The van der Waals surface area contributed by atoms with Gasteiger partial charge in [0.25, 0.3) is 11.8 Å². The maximum absolute atomic E-state index is 13.3. The summed E-state index contributed by atoms with van der Waals surface area (Å²) in [6.45, 7) is 1.50. The fourth-order valence-electron chi connectivity index (χ4n) is 3.14. The van der Waals surface area contributed by atoms with Crippen molar-refractivity contribution in [3.8, 4) is 11.5 Å². The first-order valence-corrected chi connectivity index (χ1v) is 8.60. The number of hydrogen-bond acceptors (Lipinski definition) is 4. The minimum absolute atomic E-state index is 0.206. The van der Waals surface area contributed by atoms with E-state index in [1.807, 2.05) is 0 Å². The summed E-state index contributed by atoms with van der Waals surface area (Å²) in [7, 11) is 3.00. The number of benzene rings is 2. The van der Waals surface area contributed by atoms with E-state index < -0.39 is 5.82 Å². The molecule has 0 unspecified atom stereocenters. The molecule has 2 aromatic rings. The van der Waals surface area contributed by atoms with E-state index in [0.717, 1.165) is 0 Å². The molecule has 1 fully saturated rings. The van der Waals surface area contributed by atoms with Gasteiger partial charge < -0.3 is 19.3 Å². The zero-order valence-corrected chi connectivity index (χ0v) is 15.3. The van der Waals surface area contributed by atoms with Crippen LogP contribution in [-0.4, -0.2) is 62.0 Å². The van der Waals surface area contributed by atoms with Crippen molar-refractivity contribution in [3.63, 3.8) is 0 Å². The summed E-state index contributed by atoms with van der Waals surface area (Å²) in [5, 5.41) is 0. The highest BCUT2D eigenvalue weighted by molar-refractivity contribution is 6.00. The first-order chi connectivity index (χ1) is 13.0. The third-order valence-corrected chi connectivity index (χ3v) is 4.57. The van der Waals surface area contributed by atoms with Crippen molar-refractivity contribution < 1.29 is 23.5 Å². The van der Waals surface area contributed by atoms with Crippen LogP contribution in [0.3, 0.4) is 0 Å². The Bertz CT molecular complexity index is 825. The summed E-state index contributed by atoms with van der Waals surface area (Å²) in [6, 6.07) is 10.8. The Labute approximate surface area is 157 Å². The molecule has 0 aliphatic carbocycles. The van der Waals surface area contributed by atoms with Crippen molar-refractivity contribution in [1.82, 2.24) is 9.80 Å². The number of carbonyl (C=O) groups excluding carboxylic acids is 2. The average molecular weight is 372 g/mol. The minimum Gasteiger partial charge on any atom is -0.496 e. The van der Waals surface area contributed by atoms with E-state index in [2.05, 4.69) is 0 Å². The second-order valence-corrected chi connectivity index (χ2v) is 6.13. The SMILES string of the molecule is COc1cccc(OC)c1C(=O)N1CCN(C(=O)c2cccc(F)c2)CC1. The highest BCUT2D eigenvalue weighted by atomic mass is 19.1. The van der Waals surface area contributed by atoms with Crippen LogP contribution in [-0.2, 0) is 0 Å². The van der Waals surface area contributed by atoms with Gasteiger partial charge in [-0.25, -0.2) is 4.39 Å². The molecule has 27 heavy (non-hydrogen) atoms. The molecular formula is C20H21FN2O4. The topological polar surface area (TPSA) is 59.1 Å². The predicted molar refractivity (Wildman–Crippen MR) is 97.8 cm³/mol. The zero-order valence-electron chi connectivity index (χ0n) is 15.3. The number of hydrogen-bond donors (Lipinski definition) is 0. The Balaban J connectivity index is 1.71. The maximum Gasteiger partial charge on any atom is 0.261 e. The molecule has 142 valence electrons. The average Bonchev–Trinajstić information content (AvgIpc) is 2.72. The Morgan fingerprint density at radius 2 is 1.37 bits per heavy atom. The molecule has 0 N–H and O–H groups in total. The Morgan fingerprint density at radius 3 is 1.89 bits per heavy atom. The number of nitrogens with zero attached hydrogens (tertiary/aromatic N) is 2. The Morgan fingerprint density at radius 1 is 0.852 bits per heavy atom. The predicted octanol–water partition coefficient (Wildman–Crippen LogP) is 2.44. The van der Waals surface area contributed by atoms with Gasteiger partial charge in [0.2, 0.25) is 0 Å². The fourth-order valence-corrected chi connectivity index (χ4v) is 3.14. The van der Waals surface area contributed by atoms with Crippen molar-refractivity contribution in [2.75, 3.05) is 40.4 Å². The number of piperazine rings is 1. The van der Waals surface area contributed by atoms with E-state index >= 15 is 0 Å². The molecule has 0 atom stereocenters.